The third-order valence-electron chi connectivity index (χ3n) is 3.59. The van der Waals surface area contributed by atoms with Crippen molar-refractivity contribution in [3.8, 4) is 0 Å². The van der Waals surface area contributed by atoms with Gasteiger partial charge in [0.05, 0.1) is 0 Å². The number of halogens is 1. The van der Waals surface area contributed by atoms with Crippen molar-refractivity contribution in [3.05, 3.63) is 35.5 Å². The number of amides is 1. The summed E-state index contributed by atoms with van der Waals surface area (Å²) in [7, 11) is 1.85. The molecular formula is C16H24ClN3O. The van der Waals surface area contributed by atoms with Gasteiger partial charge in [-0.2, -0.15) is 0 Å². The smallest absolute Gasteiger partial charge is 0.221 e. The molecule has 0 aliphatic carbocycles. The first-order valence-electron chi connectivity index (χ1n) is 7.25. The highest BCUT2D eigenvalue weighted by atomic mass is 35.5. The number of carbonyl (C=O) groups excluding carboxylic acids is 1. The predicted octanol–water partition coefficient (Wildman–Crippen LogP) is 2.42. The van der Waals surface area contributed by atoms with Crippen LogP contribution in [0, 0.1) is 0 Å². The molecule has 0 spiro atoms. The number of benzene rings is 1. The number of aromatic nitrogens is 1. The summed E-state index contributed by atoms with van der Waals surface area (Å²) >= 11 is 0. The van der Waals surface area contributed by atoms with Gasteiger partial charge in [0.15, 0.2) is 0 Å². The second-order valence-corrected chi connectivity index (χ2v) is 4.96. The van der Waals surface area contributed by atoms with Gasteiger partial charge in [0.25, 0.3) is 0 Å². The van der Waals surface area contributed by atoms with Crippen LogP contribution in [-0.4, -0.2) is 31.0 Å². The number of H-pyrrole nitrogens is 1. The van der Waals surface area contributed by atoms with Crippen LogP contribution >= 0.6 is 12.4 Å². The number of carbonyl (C=O) groups is 1. The van der Waals surface area contributed by atoms with Crippen LogP contribution < -0.4 is 10.6 Å². The van der Waals surface area contributed by atoms with E-state index in [2.05, 4.69) is 46.9 Å². The number of fused-ring (bicyclic) bond motifs is 1. The monoisotopic (exact) mass is 309 g/mol. The molecular weight excluding hydrogens is 286 g/mol. The summed E-state index contributed by atoms with van der Waals surface area (Å²) in [6.07, 6.45) is 4.48. The maximum atomic E-state index is 11.5. The lowest BCUT2D eigenvalue weighted by atomic mass is 10.1. The van der Waals surface area contributed by atoms with Crippen molar-refractivity contribution in [2.75, 3.05) is 20.1 Å². The summed E-state index contributed by atoms with van der Waals surface area (Å²) < 4.78 is 0. The number of nitrogens with one attached hydrogen (secondary N) is 3. The number of para-hydroxylation sites is 1. The molecule has 3 N–H and O–H groups in total. The quantitative estimate of drug-likeness (QED) is 0.735. The summed E-state index contributed by atoms with van der Waals surface area (Å²) in [5.74, 6) is 0.105. The van der Waals surface area contributed by atoms with Gasteiger partial charge >= 0.3 is 0 Å². The Kier molecular flexibility index (Phi) is 7.26. The fraction of sp³-hybridized carbons (Fsp3) is 0.438. The molecule has 0 unspecified atom stereocenters. The van der Waals surface area contributed by atoms with Crippen molar-refractivity contribution >= 4 is 29.2 Å². The van der Waals surface area contributed by atoms with Crippen LogP contribution in [0.4, 0.5) is 0 Å². The van der Waals surface area contributed by atoms with Crippen LogP contribution in [0.5, 0.6) is 0 Å². The van der Waals surface area contributed by atoms with E-state index in [1.54, 1.807) is 0 Å². The van der Waals surface area contributed by atoms with Gasteiger partial charge in [0, 0.05) is 36.6 Å². The molecule has 2 aromatic rings. The van der Waals surface area contributed by atoms with E-state index >= 15 is 0 Å². The summed E-state index contributed by atoms with van der Waals surface area (Å²) in [6.45, 7) is 3.57. The fourth-order valence-corrected chi connectivity index (χ4v) is 2.44. The first-order chi connectivity index (χ1) is 9.76. The van der Waals surface area contributed by atoms with Gasteiger partial charge in [-0.15, -0.1) is 12.4 Å². The lowest BCUT2D eigenvalue weighted by molar-refractivity contribution is -0.120. The first-order valence-corrected chi connectivity index (χ1v) is 7.25. The third kappa shape index (κ3) is 4.48. The average molecular weight is 310 g/mol. The zero-order chi connectivity index (χ0) is 14.4. The molecule has 0 saturated carbocycles. The third-order valence-corrected chi connectivity index (χ3v) is 3.59. The van der Waals surface area contributed by atoms with Gasteiger partial charge in [-0.25, -0.2) is 0 Å². The molecule has 0 saturated heterocycles. The number of aromatic amines is 1. The highest BCUT2D eigenvalue weighted by Crippen LogP contribution is 2.22. The van der Waals surface area contributed by atoms with E-state index in [1.807, 2.05) is 7.05 Å². The molecule has 2 rings (SSSR count). The molecule has 5 heteroatoms. The van der Waals surface area contributed by atoms with Crippen molar-refractivity contribution in [3.63, 3.8) is 0 Å². The Balaban J connectivity index is 0.00000220. The molecule has 21 heavy (non-hydrogen) atoms. The minimum absolute atomic E-state index is 0. The van der Waals surface area contributed by atoms with Crippen LogP contribution in [0.15, 0.2) is 24.4 Å². The van der Waals surface area contributed by atoms with Crippen molar-refractivity contribution in [2.24, 2.45) is 0 Å². The topological polar surface area (TPSA) is 56.9 Å². The highest BCUT2D eigenvalue weighted by Gasteiger charge is 2.07. The van der Waals surface area contributed by atoms with Crippen LogP contribution in [0.1, 0.15) is 24.5 Å². The maximum Gasteiger partial charge on any atom is 0.221 e. The molecule has 0 fully saturated rings. The van der Waals surface area contributed by atoms with Crippen LogP contribution in [-0.2, 0) is 17.6 Å². The van der Waals surface area contributed by atoms with E-state index in [0.717, 1.165) is 19.4 Å². The zero-order valence-corrected chi connectivity index (χ0v) is 13.5. The van der Waals surface area contributed by atoms with Crippen molar-refractivity contribution in [1.29, 1.82) is 0 Å². The Morgan fingerprint density at radius 1 is 1.24 bits per heavy atom. The predicted molar refractivity (Wildman–Crippen MR) is 90.2 cm³/mol. The summed E-state index contributed by atoms with van der Waals surface area (Å²) in [5, 5.41) is 7.20. The fourth-order valence-electron chi connectivity index (χ4n) is 2.44. The molecule has 0 aliphatic heterocycles. The molecule has 0 radical (unpaired) electrons. The Morgan fingerprint density at radius 3 is 2.76 bits per heavy atom. The van der Waals surface area contributed by atoms with Gasteiger partial charge in [0.2, 0.25) is 5.91 Å². The van der Waals surface area contributed by atoms with Gasteiger partial charge in [-0.3, -0.25) is 4.79 Å². The molecule has 1 aromatic heterocycles. The minimum Gasteiger partial charge on any atom is -0.361 e. The van der Waals surface area contributed by atoms with Gasteiger partial charge in [0.1, 0.15) is 0 Å². The average Bonchev–Trinajstić information content (AvgIpc) is 2.88. The zero-order valence-electron chi connectivity index (χ0n) is 12.7. The lowest BCUT2D eigenvalue weighted by Crippen LogP contribution is -2.28. The lowest BCUT2D eigenvalue weighted by Gasteiger charge is -2.05. The summed E-state index contributed by atoms with van der Waals surface area (Å²) in [6, 6.07) is 6.40. The molecule has 0 atom stereocenters. The largest absolute Gasteiger partial charge is 0.361 e. The molecule has 4 nitrogen and oxygen atoms in total. The SMILES string of the molecule is CCc1cccc2c(CCNC(=O)CCNC)c[nH]c12.Cl. The standard InChI is InChI=1S/C16H23N3O.ClH/c1-3-12-5-4-6-14-13(11-19-16(12)14)7-10-18-15(20)8-9-17-2;/h4-6,11,17,19H,3,7-10H2,1-2H3,(H,18,20);1H. The molecule has 1 amide bonds. The molecule has 1 aromatic carbocycles. The second-order valence-electron chi connectivity index (χ2n) is 4.96. The maximum absolute atomic E-state index is 11.5. The second kappa shape index (κ2) is 8.70. The summed E-state index contributed by atoms with van der Waals surface area (Å²) in [5.41, 5.74) is 3.84. The van der Waals surface area contributed by atoms with E-state index < -0.39 is 0 Å². The van der Waals surface area contributed by atoms with Crippen LogP contribution in [0.2, 0.25) is 0 Å². The number of hydrogen-bond donors (Lipinski definition) is 3. The van der Waals surface area contributed by atoms with E-state index in [1.165, 1.54) is 22.0 Å². The van der Waals surface area contributed by atoms with E-state index in [4.69, 9.17) is 0 Å². The van der Waals surface area contributed by atoms with Crippen LogP contribution in [0.25, 0.3) is 10.9 Å². The Labute approximate surface area is 132 Å². The molecule has 1 heterocycles. The first kappa shape index (κ1) is 17.5. The van der Waals surface area contributed by atoms with E-state index in [0.29, 0.717) is 13.0 Å². The summed E-state index contributed by atoms with van der Waals surface area (Å²) in [4.78, 5) is 14.9. The number of aryl methyl sites for hydroxylation is 1. The molecule has 0 bridgehead atoms. The van der Waals surface area contributed by atoms with Crippen molar-refractivity contribution in [2.45, 2.75) is 26.2 Å². The van der Waals surface area contributed by atoms with E-state index in [-0.39, 0.29) is 18.3 Å². The van der Waals surface area contributed by atoms with Gasteiger partial charge in [-0.05, 0) is 31.0 Å². The van der Waals surface area contributed by atoms with Gasteiger partial charge in [-0.1, -0.05) is 25.1 Å². The highest BCUT2D eigenvalue weighted by molar-refractivity contribution is 5.86. The number of rotatable bonds is 7. The number of hydrogen-bond acceptors (Lipinski definition) is 2. The van der Waals surface area contributed by atoms with Crippen molar-refractivity contribution in [1.82, 2.24) is 15.6 Å². The normalized spacial score (nSPS) is 10.4. The van der Waals surface area contributed by atoms with Crippen LogP contribution in [0.3, 0.4) is 0 Å². The Hall–Kier alpha value is -1.52. The van der Waals surface area contributed by atoms with Crippen molar-refractivity contribution < 1.29 is 4.79 Å². The van der Waals surface area contributed by atoms with E-state index in [9.17, 15) is 4.79 Å². The minimum atomic E-state index is 0. The van der Waals surface area contributed by atoms with Gasteiger partial charge < -0.3 is 15.6 Å². The Bertz CT molecular complexity index is 580. The Morgan fingerprint density at radius 2 is 2.05 bits per heavy atom. The molecule has 0 aliphatic rings. The molecule has 116 valence electrons.